The average Bonchev–Trinajstić information content (AvgIpc) is 2.61. The number of unbranched alkanes of at least 4 members (excludes halogenated alkanes) is 1. The highest BCUT2D eigenvalue weighted by Gasteiger charge is 2.24. The van der Waals surface area contributed by atoms with Gasteiger partial charge in [0, 0.05) is 12.3 Å². The monoisotopic (exact) mass is 398 g/mol. The number of ether oxygens (including phenoxy) is 2. The van der Waals surface area contributed by atoms with Crippen LogP contribution in [0.5, 0.6) is 0 Å². The summed E-state index contributed by atoms with van der Waals surface area (Å²) in [6, 6.07) is 0. The third-order valence-electron chi connectivity index (χ3n) is 4.95. The highest BCUT2D eigenvalue weighted by molar-refractivity contribution is 5.85. The molecule has 3 atom stereocenters. The van der Waals surface area contributed by atoms with Crippen LogP contribution in [0.25, 0.3) is 0 Å². The van der Waals surface area contributed by atoms with E-state index in [9.17, 15) is 19.2 Å². The fraction of sp³-hybridized carbons (Fsp3) is 0.818. The summed E-state index contributed by atoms with van der Waals surface area (Å²) in [6.07, 6.45) is 5.43. The van der Waals surface area contributed by atoms with E-state index in [0.29, 0.717) is 32.0 Å². The van der Waals surface area contributed by atoms with Crippen molar-refractivity contribution in [1.82, 2.24) is 0 Å². The second-order valence-corrected chi connectivity index (χ2v) is 7.64. The molecule has 0 aliphatic heterocycles. The standard InChI is InChI=1S/C22H38O6/c1-6-27-21(25)15-20(22(26)28-7-2)13-12-16(3)10-8-9-11-19(18(5)24)14-17(4)23/h16,19-20H,6-15H2,1-5H3. The van der Waals surface area contributed by atoms with Gasteiger partial charge in [-0.05, 0) is 52.9 Å². The fourth-order valence-corrected chi connectivity index (χ4v) is 3.29. The average molecular weight is 399 g/mol. The molecule has 3 unspecified atom stereocenters. The van der Waals surface area contributed by atoms with Crippen molar-refractivity contribution < 1.29 is 28.7 Å². The van der Waals surface area contributed by atoms with Crippen LogP contribution in [0, 0.1) is 17.8 Å². The highest BCUT2D eigenvalue weighted by atomic mass is 16.5. The zero-order valence-electron chi connectivity index (χ0n) is 18.3. The van der Waals surface area contributed by atoms with Crippen LogP contribution in [0.4, 0.5) is 0 Å². The van der Waals surface area contributed by atoms with Crippen LogP contribution in [0.2, 0.25) is 0 Å². The Balaban J connectivity index is 4.33. The van der Waals surface area contributed by atoms with Crippen molar-refractivity contribution in [3.63, 3.8) is 0 Å². The minimum absolute atomic E-state index is 0.0557. The number of hydrogen-bond acceptors (Lipinski definition) is 6. The number of hydrogen-bond donors (Lipinski definition) is 0. The van der Waals surface area contributed by atoms with Gasteiger partial charge in [-0.25, -0.2) is 0 Å². The second kappa shape index (κ2) is 15.2. The van der Waals surface area contributed by atoms with Gasteiger partial charge in [0.1, 0.15) is 11.6 Å². The molecule has 0 aliphatic carbocycles. The van der Waals surface area contributed by atoms with Crippen LogP contribution in [0.1, 0.15) is 86.0 Å². The van der Waals surface area contributed by atoms with E-state index < -0.39 is 5.92 Å². The zero-order chi connectivity index (χ0) is 21.5. The summed E-state index contributed by atoms with van der Waals surface area (Å²) >= 11 is 0. The Kier molecular flexibility index (Phi) is 14.3. The molecular weight excluding hydrogens is 360 g/mol. The number of carbonyl (C=O) groups excluding carboxylic acids is 4. The predicted molar refractivity (Wildman–Crippen MR) is 108 cm³/mol. The van der Waals surface area contributed by atoms with Crippen LogP contribution < -0.4 is 0 Å². The summed E-state index contributed by atoms with van der Waals surface area (Å²) < 4.78 is 10.0. The van der Waals surface area contributed by atoms with Crippen molar-refractivity contribution in [3.05, 3.63) is 0 Å². The Morgan fingerprint density at radius 1 is 0.750 bits per heavy atom. The lowest BCUT2D eigenvalue weighted by atomic mass is 9.89. The Hall–Kier alpha value is -1.72. The summed E-state index contributed by atoms with van der Waals surface area (Å²) in [6.45, 7) is 9.30. The molecule has 6 heteroatoms. The minimum atomic E-state index is -0.459. The van der Waals surface area contributed by atoms with E-state index in [0.717, 1.165) is 32.1 Å². The Labute approximate surface area is 169 Å². The first-order valence-corrected chi connectivity index (χ1v) is 10.5. The molecule has 0 saturated carbocycles. The SMILES string of the molecule is CCOC(=O)CC(CCC(C)CCCCC(CC(C)=O)C(C)=O)C(=O)OCC. The smallest absolute Gasteiger partial charge is 0.309 e. The molecule has 0 fully saturated rings. The van der Waals surface area contributed by atoms with Crippen molar-refractivity contribution in [2.24, 2.45) is 17.8 Å². The normalized spacial score (nSPS) is 14.0. The van der Waals surface area contributed by atoms with Gasteiger partial charge in [0.15, 0.2) is 0 Å². The molecule has 0 rings (SSSR count). The first-order valence-electron chi connectivity index (χ1n) is 10.5. The lowest BCUT2D eigenvalue weighted by Gasteiger charge is -2.18. The van der Waals surface area contributed by atoms with Crippen molar-refractivity contribution >= 4 is 23.5 Å². The molecule has 0 aromatic heterocycles. The van der Waals surface area contributed by atoms with E-state index in [4.69, 9.17) is 9.47 Å². The molecule has 0 radical (unpaired) electrons. The topological polar surface area (TPSA) is 86.7 Å². The van der Waals surface area contributed by atoms with E-state index >= 15 is 0 Å². The summed E-state index contributed by atoms with van der Waals surface area (Å²) in [7, 11) is 0. The Morgan fingerprint density at radius 3 is 1.89 bits per heavy atom. The van der Waals surface area contributed by atoms with Crippen molar-refractivity contribution in [2.45, 2.75) is 86.0 Å². The first kappa shape index (κ1) is 26.3. The Morgan fingerprint density at radius 2 is 1.36 bits per heavy atom. The number of Topliss-reactive ketones (excluding diaryl/α,β-unsaturated/α-hetero) is 2. The predicted octanol–water partition coefficient (Wildman–Crippen LogP) is 4.28. The third-order valence-corrected chi connectivity index (χ3v) is 4.95. The largest absolute Gasteiger partial charge is 0.466 e. The molecule has 0 amide bonds. The van der Waals surface area contributed by atoms with Crippen LogP contribution in [-0.2, 0) is 28.7 Å². The second-order valence-electron chi connectivity index (χ2n) is 7.64. The van der Waals surface area contributed by atoms with Gasteiger partial charge >= 0.3 is 11.9 Å². The molecule has 0 aromatic rings. The molecule has 162 valence electrons. The lowest BCUT2D eigenvalue weighted by Crippen LogP contribution is -2.23. The van der Waals surface area contributed by atoms with E-state index in [1.807, 2.05) is 0 Å². The molecular formula is C22H38O6. The molecule has 0 saturated heterocycles. The lowest BCUT2D eigenvalue weighted by molar-refractivity contribution is -0.155. The molecule has 0 spiro atoms. The molecule has 0 heterocycles. The number of ketones is 2. The van der Waals surface area contributed by atoms with Crippen molar-refractivity contribution in [1.29, 1.82) is 0 Å². The van der Waals surface area contributed by atoms with E-state index in [2.05, 4.69) is 6.92 Å². The van der Waals surface area contributed by atoms with Gasteiger partial charge in [-0.3, -0.25) is 14.4 Å². The van der Waals surface area contributed by atoms with Crippen molar-refractivity contribution in [2.75, 3.05) is 13.2 Å². The summed E-state index contributed by atoms with van der Waals surface area (Å²) in [5.41, 5.74) is 0. The van der Waals surface area contributed by atoms with Crippen LogP contribution >= 0.6 is 0 Å². The van der Waals surface area contributed by atoms with Crippen LogP contribution in [0.15, 0.2) is 0 Å². The van der Waals surface area contributed by atoms with E-state index in [-0.39, 0.29) is 35.8 Å². The van der Waals surface area contributed by atoms with Gasteiger partial charge in [-0.1, -0.05) is 26.2 Å². The van der Waals surface area contributed by atoms with Gasteiger partial charge < -0.3 is 14.3 Å². The summed E-state index contributed by atoms with van der Waals surface area (Å²) in [5.74, 6) is -0.780. The molecule has 0 bridgehead atoms. The van der Waals surface area contributed by atoms with E-state index in [1.165, 1.54) is 6.92 Å². The van der Waals surface area contributed by atoms with Gasteiger partial charge in [-0.15, -0.1) is 0 Å². The summed E-state index contributed by atoms with van der Waals surface area (Å²) in [5, 5.41) is 0. The summed E-state index contributed by atoms with van der Waals surface area (Å²) in [4.78, 5) is 46.7. The zero-order valence-corrected chi connectivity index (χ0v) is 18.3. The maximum absolute atomic E-state index is 12.1. The Bertz CT molecular complexity index is 499. The minimum Gasteiger partial charge on any atom is -0.466 e. The molecule has 0 aromatic carbocycles. The number of rotatable bonds is 16. The number of esters is 2. The van der Waals surface area contributed by atoms with Crippen LogP contribution in [0.3, 0.4) is 0 Å². The first-order chi connectivity index (χ1) is 13.2. The van der Waals surface area contributed by atoms with Gasteiger partial charge in [-0.2, -0.15) is 0 Å². The maximum Gasteiger partial charge on any atom is 0.309 e. The third kappa shape index (κ3) is 12.6. The van der Waals surface area contributed by atoms with Crippen LogP contribution in [-0.4, -0.2) is 36.7 Å². The molecule has 0 N–H and O–H groups in total. The number of carbonyl (C=O) groups is 4. The quantitative estimate of drug-likeness (QED) is 0.285. The molecule has 0 aliphatic rings. The molecule has 6 nitrogen and oxygen atoms in total. The van der Waals surface area contributed by atoms with Gasteiger partial charge in [0.2, 0.25) is 0 Å². The van der Waals surface area contributed by atoms with Gasteiger partial charge in [0.25, 0.3) is 0 Å². The van der Waals surface area contributed by atoms with Crippen molar-refractivity contribution in [3.8, 4) is 0 Å². The maximum atomic E-state index is 12.1. The van der Waals surface area contributed by atoms with E-state index in [1.54, 1.807) is 20.8 Å². The van der Waals surface area contributed by atoms with Gasteiger partial charge in [0.05, 0.1) is 25.6 Å². The molecule has 28 heavy (non-hydrogen) atoms. The fourth-order valence-electron chi connectivity index (χ4n) is 3.29. The highest BCUT2D eigenvalue weighted by Crippen LogP contribution is 2.23.